The monoisotopic (exact) mass is 432 g/mol. The molecule has 10 heteroatoms. The lowest BCUT2D eigenvalue weighted by molar-refractivity contribution is -0.192. The minimum absolute atomic E-state index is 0.204. The molecule has 30 heavy (non-hydrogen) atoms. The van der Waals surface area contributed by atoms with Crippen LogP contribution in [0.1, 0.15) is 25.0 Å². The largest absolute Gasteiger partial charge is 0.490 e. The number of rotatable bonds is 6. The summed E-state index contributed by atoms with van der Waals surface area (Å²) in [6.45, 7) is 5.39. The van der Waals surface area contributed by atoms with E-state index in [0.29, 0.717) is 24.2 Å². The molecule has 4 rings (SSSR count). The molecule has 2 saturated heterocycles. The molecule has 1 aliphatic carbocycles. The van der Waals surface area contributed by atoms with Crippen LogP contribution in [0, 0.1) is 23.7 Å². The number of nitrogens with zero attached hydrogens (tertiary/aromatic N) is 1. The first kappa shape index (κ1) is 22.6. The minimum Gasteiger partial charge on any atom is -0.475 e. The Bertz CT molecular complexity index is 706. The summed E-state index contributed by atoms with van der Waals surface area (Å²) in [7, 11) is 0. The fourth-order valence-electron chi connectivity index (χ4n) is 4.05. The van der Waals surface area contributed by atoms with E-state index in [2.05, 4.69) is 10.2 Å². The summed E-state index contributed by atoms with van der Waals surface area (Å²) in [5.74, 6) is 0.691. The first-order valence-corrected chi connectivity index (χ1v) is 10.1. The van der Waals surface area contributed by atoms with Crippen molar-refractivity contribution in [2.24, 2.45) is 23.7 Å². The van der Waals surface area contributed by atoms with E-state index in [1.54, 1.807) is 6.26 Å². The van der Waals surface area contributed by atoms with Crippen molar-refractivity contribution in [3.05, 3.63) is 24.2 Å². The Kier molecular flexibility index (Phi) is 7.41. The summed E-state index contributed by atoms with van der Waals surface area (Å²) in [5.41, 5.74) is 0. The van der Waals surface area contributed by atoms with Crippen molar-refractivity contribution in [1.29, 1.82) is 0 Å². The Morgan fingerprint density at radius 2 is 1.97 bits per heavy atom. The number of alkyl halides is 3. The first-order valence-electron chi connectivity index (χ1n) is 10.1. The van der Waals surface area contributed by atoms with Crippen molar-refractivity contribution < 1.29 is 37.0 Å². The molecular formula is C20H27F3N2O5. The molecule has 1 aromatic heterocycles. The number of amides is 1. The summed E-state index contributed by atoms with van der Waals surface area (Å²) in [4.78, 5) is 23.5. The van der Waals surface area contributed by atoms with Crippen LogP contribution in [0.15, 0.2) is 22.8 Å². The molecule has 3 aliphatic rings. The predicted octanol–water partition coefficient (Wildman–Crippen LogP) is 2.52. The lowest BCUT2D eigenvalue weighted by Crippen LogP contribution is -2.38. The summed E-state index contributed by atoms with van der Waals surface area (Å²) < 4.78 is 43.0. The first-order chi connectivity index (χ1) is 14.2. The summed E-state index contributed by atoms with van der Waals surface area (Å²) in [6, 6.07) is 3.97. The normalized spacial score (nSPS) is 26.4. The highest BCUT2D eigenvalue weighted by atomic mass is 19.4. The van der Waals surface area contributed by atoms with Gasteiger partial charge in [0.25, 0.3) is 0 Å². The zero-order valence-corrected chi connectivity index (χ0v) is 16.6. The Labute approximate surface area is 172 Å². The molecule has 7 nitrogen and oxygen atoms in total. The van der Waals surface area contributed by atoms with Gasteiger partial charge in [-0.05, 0) is 48.6 Å². The highest BCUT2D eigenvalue weighted by molar-refractivity contribution is 5.76. The maximum absolute atomic E-state index is 12.2. The SMILES string of the molecule is O=C(C[C@@H]1COC[C@H]2CN(Cc3ccco3)C[C@@H]12)NCC1CC1.O=C(O)C(F)(F)F. The number of nitrogens with one attached hydrogen (secondary N) is 1. The number of carboxylic acid groups (broad SMARTS) is 1. The molecule has 1 amide bonds. The molecule has 0 spiro atoms. The number of carbonyl (C=O) groups excluding carboxylic acids is 1. The molecule has 2 N–H and O–H groups in total. The van der Waals surface area contributed by atoms with E-state index in [4.69, 9.17) is 19.1 Å². The molecule has 0 aromatic carbocycles. The number of carbonyl (C=O) groups is 2. The Morgan fingerprint density at radius 1 is 1.23 bits per heavy atom. The average Bonchev–Trinajstić information content (AvgIpc) is 3.18. The molecule has 0 radical (unpaired) electrons. The quantitative estimate of drug-likeness (QED) is 0.718. The lowest BCUT2D eigenvalue weighted by atomic mass is 9.81. The maximum atomic E-state index is 12.2. The van der Waals surface area contributed by atoms with Crippen LogP contribution < -0.4 is 5.32 Å². The van der Waals surface area contributed by atoms with E-state index < -0.39 is 12.1 Å². The summed E-state index contributed by atoms with van der Waals surface area (Å²) in [6.07, 6.45) is -0.185. The van der Waals surface area contributed by atoms with Crippen LogP contribution in [-0.4, -0.2) is 60.9 Å². The maximum Gasteiger partial charge on any atom is 0.490 e. The van der Waals surface area contributed by atoms with Gasteiger partial charge in [-0.2, -0.15) is 13.2 Å². The zero-order chi connectivity index (χ0) is 21.7. The van der Waals surface area contributed by atoms with Crippen molar-refractivity contribution in [1.82, 2.24) is 10.2 Å². The standard InChI is InChI=1S/C18H26N2O3.C2HF3O2/c21-18(19-7-13-3-4-13)6-14-11-22-12-15-8-20(10-17(14)15)9-16-2-1-5-23-16;3-2(4,5)1(6)7/h1-2,5,13-15,17H,3-4,6-12H2,(H,19,21);(H,6,7)/t14-,15-,17+;/m1./s1. The number of aliphatic carboxylic acids is 1. The van der Waals surface area contributed by atoms with Crippen LogP contribution in [0.4, 0.5) is 13.2 Å². The summed E-state index contributed by atoms with van der Waals surface area (Å²) in [5, 5.41) is 10.2. The van der Waals surface area contributed by atoms with Crippen LogP contribution in [0.2, 0.25) is 0 Å². The van der Waals surface area contributed by atoms with Crippen LogP contribution >= 0.6 is 0 Å². The Balaban J connectivity index is 0.000000318. The van der Waals surface area contributed by atoms with Gasteiger partial charge in [-0.15, -0.1) is 0 Å². The smallest absolute Gasteiger partial charge is 0.475 e. The molecule has 168 valence electrons. The minimum atomic E-state index is -5.08. The summed E-state index contributed by atoms with van der Waals surface area (Å²) >= 11 is 0. The van der Waals surface area contributed by atoms with Crippen molar-refractivity contribution in [3.8, 4) is 0 Å². The van der Waals surface area contributed by atoms with E-state index in [1.165, 1.54) is 12.8 Å². The van der Waals surface area contributed by atoms with Gasteiger partial charge in [-0.25, -0.2) is 4.79 Å². The van der Waals surface area contributed by atoms with Gasteiger partial charge >= 0.3 is 12.1 Å². The van der Waals surface area contributed by atoms with Gasteiger partial charge in [-0.3, -0.25) is 9.69 Å². The molecular weight excluding hydrogens is 405 g/mol. The predicted molar refractivity (Wildman–Crippen MR) is 99.3 cm³/mol. The molecule has 0 unspecified atom stereocenters. The number of halogens is 3. The van der Waals surface area contributed by atoms with Gasteiger partial charge in [-0.1, -0.05) is 0 Å². The Morgan fingerprint density at radius 3 is 2.57 bits per heavy atom. The van der Waals surface area contributed by atoms with E-state index in [9.17, 15) is 18.0 Å². The number of carboxylic acids is 1. The molecule has 0 bridgehead atoms. The van der Waals surface area contributed by atoms with Crippen molar-refractivity contribution >= 4 is 11.9 Å². The van der Waals surface area contributed by atoms with Crippen LogP contribution in [0.25, 0.3) is 0 Å². The number of likely N-dealkylation sites (tertiary alicyclic amines) is 1. The van der Waals surface area contributed by atoms with Gasteiger partial charge in [0.15, 0.2) is 0 Å². The fraction of sp³-hybridized carbons (Fsp3) is 0.700. The zero-order valence-electron chi connectivity index (χ0n) is 16.6. The molecule has 1 aromatic rings. The number of fused-ring (bicyclic) bond motifs is 1. The molecule has 3 atom stereocenters. The molecule has 2 aliphatic heterocycles. The second-order valence-electron chi connectivity index (χ2n) is 8.25. The van der Waals surface area contributed by atoms with Crippen molar-refractivity contribution in [3.63, 3.8) is 0 Å². The van der Waals surface area contributed by atoms with Crippen LogP contribution in [-0.2, 0) is 20.9 Å². The topological polar surface area (TPSA) is 92.0 Å². The van der Waals surface area contributed by atoms with E-state index in [-0.39, 0.29) is 5.91 Å². The fourth-order valence-corrected chi connectivity index (χ4v) is 4.05. The molecule has 3 heterocycles. The number of ether oxygens (including phenoxy) is 1. The van der Waals surface area contributed by atoms with Crippen molar-refractivity contribution in [2.75, 3.05) is 32.8 Å². The van der Waals surface area contributed by atoms with Gasteiger partial charge in [0, 0.05) is 26.1 Å². The van der Waals surface area contributed by atoms with Gasteiger partial charge in [0.1, 0.15) is 5.76 Å². The third-order valence-electron chi connectivity index (χ3n) is 5.77. The van der Waals surface area contributed by atoms with Gasteiger partial charge in [0.2, 0.25) is 5.91 Å². The third kappa shape index (κ3) is 6.73. The Hall–Kier alpha value is -2.07. The second kappa shape index (κ2) is 9.82. The molecule has 3 fully saturated rings. The second-order valence-corrected chi connectivity index (χ2v) is 8.25. The number of furan rings is 1. The van der Waals surface area contributed by atoms with E-state index >= 15 is 0 Å². The van der Waals surface area contributed by atoms with E-state index in [0.717, 1.165) is 51.1 Å². The van der Waals surface area contributed by atoms with Gasteiger partial charge < -0.3 is 19.6 Å². The lowest BCUT2D eigenvalue weighted by Gasteiger charge is -2.32. The average molecular weight is 432 g/mol. The third-order valence-corrected chi connectivity index (χ3v) is 5.77. The van der Waals surface area contributed by atoms with Crippen LogP contribution in [0.5, 0.6) is 0 Å². The highest BCUT2D eigenvalue weighted by Crippen LogP contribution is 2.36. The van der Waals surface area contributed by atoms with E-state index in [1.807, 2.05) is 12.1 Å². The number of hydrogen-bond acceptors (Lipinski definition) is 5. The van der Waals surface area contributed by atoms with Gasteiger partial charge in [0.05, 0.1) is 26.0 Å². The number of hydrogen-bond donors (Lipinski definition) is 2. The molecule has 1 saturated carbocycles. The highest BCUT2D eigenvalue weighted by Gasteiger charge is 2.41. The van der Waals surface area contributed by atoms with Crippen molar-refractivity contribution in [2.45, 2.75) is 32.0 Å². The van der Waals surface area contributed by atoms with Crippen LogP contribution in [0.3, 0.4) is 0 Å².